The van der Waals surface area contributed by atoms with Gasteiger partial charge in [0.25, 0.3) is 0 Å². The molecule has 1 heterocycles. The van der Waals surface area contributed by atoms with Gasteiger partial charge in [0.2, 0.25) is 0 Å². The van der Waals surface area contributed by atoms with Gasteiger partial charge in [-0.15, -0.1) is 0 Å². The Morgan fingerprint density at radius 3 is 2.60 bits per heavy atom. The number of nitrogens with two attached hydrogens (primary N) is 1. The maximum Gasteiger partial charge on any atom is 0.170 e. The van der Waals surface area contributed by atoms with Crippen molar-refractivity contribution in [3.05, 3.63) is 47.2 Å². The smallest absolute Gasteiger partial charge is 0.170 e. The van der Waals surface area contributed by atoms with Gasteiger partial charge in [0.15, 0.2) is 5.84 Å². The lowest BCUT2D eigenvalue weighted by molar-refractivity contribution is 0.701. The number of anilines is 1. The molecule has 0 aliphatic heterocycles. The van der Waals surface area contributed by atoms with Crippen LogP contribution in [-0.4, -0.2) is 26.5 Å². The lowest BCUT2D eigenvalue weighted by Gasteiger charge is -2.13. The minimum Gasteiger partial charge on any atom is -0.382 e. The van der Waals surface area contributed by atoms with Gasteiger partial charge >= 0.3 is 0 Å². The summed E-state index contributed by atoms with van der Waals surface area (Å²) in [5.74, 6) is 0.844. The van der Waals surface area contributed by atoms with Crippen LogP contribution in [0.5, 0.6) is 0 Å². The molecule has 2 N–H and O–H groups in total. The molecule has 0 bridgehead atoms. The highest BCUT2D eigenvalue weighted by Gasteiger charge is 2.21. The molecule has 2 aromatic rings. The first kappa shape index (κ1) is 17.3. The molecule has 3 rings (SSSR count). The van der Waals surface area contributed by atoms with Crippen molar-refractivity contribution in [1.29, 1.82) is 5.26 Å². The van der Waals surface area contributed by atoms with Crippen molar-refractivity contribution in [2.45, 2.75) is 45.1 Å². The van der Waals surface area contributed by atoms with Gasteiger partial charge in [-0.3, -0.25) is 4.99 Å². The molecule has 1 aliphatic carbocycles. The maximum atomic E-state index is 9.16. The number of rotatable bonds is 4. The van der Waals surface area contributed by atoms with Crippen molar-refractivity contribution in [3.8, 4) is 6.07 Å². The molecule has 0 saturated heterocycles. The van der Waals surface area contributed by atoms with Gasteiger partial charge < -0.3 is 5.73 Å². The van der Waals surface area contributed by atoms with Gasteiger partial charge in [-0.05, 0) is 30.4 Å². The summed E-state index contributed by atoms with van der Waals surface area (Å²) in [5, 5.41) is 13.4. The zero-order valence-corrected chi connectivity index (χ0v) is 15.1. The number of thiocarbonyl (C=S) groups is 1. The van der Waals surface area contributed by atoms with E-state index < -0.39 is 0 Å². The maximum absolute atomic E-state index is 9.16. The van der Waals surface area contributed by atoms with E-state index in [1.165, 1.54) is 29.3 Å². The fraction of sp³-hybridized carbons (Fsp3) is 0.368. The van der Waals surface area contributed by atoms with Gasteiger partial charge in [0, 0.05) is 0 Å². The predicted octanol–water partition coefficient (Wildman–Crippen LogP) is 3.51. The van der Waals surface area contributed by atoms with Gasteiger partial charge in [0.05, 0.1) is 17.1 Å². The first-order valence-electron chi connectivity index (χ1n) is 8.59. The highest BCUT2D eigenvalue weighted by atomic mass is 32.1. The Morgan fingerprint density at radius 1 is 1.36 bits per heavy atom. The summed E-state index contributed by atoms with van der Waals surface area (Å²) in [6.45, 7) is 2.12. The second-order valence-electron chi connectivity index (χ2n) is 6.24. The third-order valence-electron chi connectivity index (χ3n) is 4.58. The van der Waals surface area contributed by atoms with Crippen LogP contribution in [0.15, 0.2) is 35.5 Å². The third kappa shape index (κ3) is 3.62. The molecule has 6 heteroatoms. The summed E-state index contributed by atoms with van der Waals surface area (Å²) < 4.78 is 1.51. The first-order chi connectivity index (χ1) is 12.1. The molecule has 1 aromatic heterocycles. The summed E-state index contributed by atoms with van der Waals surface area (Å²) in [6, 6.07) is 10.4. The SMILES string of the molecule is CCc1ccc(C(=S)/C(=N\C2CCCC2)n2ncc(C#N)c2N)cc1. The molecule has 1 saturated carbocycles. The van der Waals surface area contributed by atoms with Crippen LogP contribution in [0, 0.1) is 11.3 Å². The molecule has 0 spiro atoms. The zero-order valence-electron chi connectivity index (χ0n) is 14.3. The normalized spacial score (nSPS) is 15.3. The molecule has 1 aromatic carbocycles. The molecule has 0 radical (unpaired) electrons. The Kier molecular flexibility index (Phi) is 5.25. The van der Waals surface area contributed by atoms with Crippen LogP contribution in [0.3, 0.4) is 0 Å². The van der Waals surface area contributed by atoms with E-state index in [1.807, 2.05) is 12.1 Å². The van der Waals surface area contributed by atoms with E-state index in [1.54, 1.807) is 0 Å². The minimum absolute atomic E-state index is 0.233. The number of benzene rings is 1. The number of aliphatic imine (C=N–C) groups is 1. The number of hydrogen-bond donors (Lipinski definition) is 1. The van der Waals surface area contributed by atoms with Crippen molar-refractivity contribution in [3.63, 3.8) is 0 Å². The monoisotopic (exact) mass is 351 g/mol. The standard InChI is InChI=1S/C19H21N5S/c1-2-13-7-9-14(10-8-13)17(25)19(23-16-5-3-4-6-16)24-18(21)15(11-20)12-22-24/h7-10,12,16H,2-6,21H2,1H3/b23-19+. The number of nitrogens with zero attached hydrogens (tertiary/aromatic N) is 4. The largest absolute Gasteiger partial charge is 0.382 e. The topological polar surface area (TPSA) is 80.0 Å². The van der Waals surface area contributed by atoms with E-state index in [-0.39, 0.29) is 11.9 Å². The second kappa shape index (κ2) is 7.58. The molecule has 0 amide bonds. The predicted molar refractivity (Wildman–Crippen MR) is 104 cm³/mol. The van der Waals surface area contributed by atoms with Crippen LogP contribution in [-0.2, 0) is 6.42 Å². The van der Waals surface area contributed by atoms with Crippen LogP contribution in [0.4, 0.5) is 5.82 Å². The third-order valence-corrected chi connectivity index (χ3v) is 5.00. The van der Waals surface area contributed by atoms with Gasteiger partial charge in [-0.2, -0.15) is 15.0 Å². The average molecular weight is 351 g/mol. The molecular weight excluding hydrogens is 330 g/mol. The highest BCUT2D eigenvalue weighted by molar-refractivity contribution is 7.82. The lowest BCUT2D eigenvalue weighted by Crippen LogP contribution is -2.26. The minimum atomic E-state index is 0.233. The molecule has 25 heavy (non-hydrogen) atoms. The van der Waals surface area contributed by atoms with Crippen LogP contribution in [0.2, 0.25) is 0 Å². The van der Waals surface area contributed by atoms with E-state index in [4.69, 9.17) is 28.2 Å². The Morgan fingerprint density at radius 2 is 2.04 bits per heavy atom. The van der Waals surface area contributed by atoms with E-state index in [2.05, 4.69) is 30.2 Å². The molecule has 5 nitrogen and oxygen atoms in total. The number of aryl methyl sites for hydroxylation is 1. The van der Waals surface area contributed by atoms with Gasteiger partial charge in [-0.25, -0.2) is 0 Å². The van der Waals surface area contributed by atoms with E-state index in [9.17, 15) is 0 Å². The molecule has 0 atom stereocenters. The van der Waals surface area contributed by atoms with Crippen LogP contribution in [0.25, 0.3) is 0 Å². The van der Waals surface area contributed by atoms with Gasteiger partial charge in [0.1, 0.15) is 17.5 Å². The van der Waals surface area contributed by atoms with E-state index >= 15 is 0 Å². The Hall–Kier alpha value is -2.52. The van der Waals surface area contributed by atoms with Crippen molar-refractivity contribution >= 4 is 28.7 Å². The summed E-state index contributed by atoms with van der Waals surface area (Å²) in [6.07, 6.45) is 6.89. The first-order valence-corrected chi connectivity index (χ1v) is 9.00. The quantitative estimate of drug-likeness (QED) is 0.396. The summed E-state index contributed by atoms with van der Waals surface area (Å²) in [7, 11) is 0. The van der Waals surface area contributed by atoms with Crippen molar-refractivity contribution in [2.75, 3.05) is 5.73 Å². The Labute approximate surface area is 153 Å². The molecule has 128 valence electrons. The summed E-state index contributed by atoms with van der Waals surface area (Å²) in [4.78, 5) is 5.47. The van der Waals surface area contributed by atoms with Crippen LogP contribution < -0.4 is 5.73 Å². The second-order valence-corrected chi connectivity index (χ2v) is 6.65. The van der Waals surface area contributed by atoms with Crippen molar-refractivity contribution in [2.24, 2.45) is 4.99 Å². The number of hydrogen-bond acceptors (Lipinski definition) is 5. The number of nitriles is 1. The molecule has 1 aliphatic rings. The fourth-order valence-corrected chi connectivity index (χ4v) is 3.32. The number of aromatic nitrogens is 2. The highest BCUT2D eigenvalue weighted by Crippen LogP contribution is 2.23. The Bertz CT molecular complexity index is 836. The van der Waals surface area contributed by atoms with Crippen LogP contribution in [0.1, 0.15) is 49.3 Å². The number of nitrogen functional groups attached to an aromatic ring is 1. The van der Waals surface area contributed by atoms with E-state index in [0.29, 0.717) is 16.3 Å². The fourth-order valence-electron chi connectivity index (χ4n) is 3.05. The molecule has 0 unspecified atom stereocenters. The molecular formula is C19H21N5S. The molecule has 1 fully saturated rings. The van der Waals surface area contributed by atoms with Gasteiger partial charge in [-0.1, -0.05) is 56.2 Å². The van der Waals surface area contributed by atoms with Crippen LogP contribution >= 0.6 is 12.2 Å². The summed E-state index contributed by atoms with van der Waals surface area (Å²) in [5.41, 5.74) is 8.59. The average Bonchev–Trinajstić information content (AvgIpc) is 3.28. The lowest BCUT2D eigenvalue weighted by atomic mass is 10.1. The Balaban J connectivity index is 2.02. The zero-order chi connectivity index (χ0) is 17.8. The van der Waals surface area contributed by atoms with E-state index in [0.717, 1.165) is 24.8 Å². The summed E-state index contributed by atoms with van der Waals surface area (Å²) >= 11 is 5.71. The van der Waals surface area contributed by atoms with Crippen molar-refractivity contribution < 1.29 is 0 Å². The van der Waals surface area contributed by atoms with Crippen molar-refractivity contribution in [1.82, 2.24) is 9.78 Å².